The van der Waals surface area contributed by atoms with Crippen LogP contribution in [-0.2, 0) is 11.2 Å². The number of nitrogens with two attached hydrogens (primary N) is 1. The molecule has 0 atom stereocenters. The van der Waals surface area contributed by atoms with Crippen LogP contribution in [-0.4, -0.2) is 16.1 Å². The van der Waals surface area contributed by atoms with E-state index in [0.29, 0.717) is 12.8 Å². The van der Waals surface area contributed by atoms with Gasteiger partial charge < -0.3 is 5.73 Å². The van der Waals surface area contributed by atoms with Crippen LogP contribution in [0.3, 0.4) is 0 Å². The minimum Gasteiger partial charge on any atom is -0.370 e. The van der Waals surface area contributed by atoms with E-state index in [9.17, 15) is 4.79 Å². The number of hydrogen-bond acceptors (Lipinski definition) is 3. The van der Waals surface area contributed by atoms with Gasteiger partial charge in [0.05, 0.1) is 11.9 Å². The number of primary amides is 1. The maximum atomic E-state index is 10.4. The Balaban J connectivity index is 2.57. The average Bonchev–Trinajstić information content (AvgIpc) is 2.01. The molecule has 0 unspecified atom stereocenters. The molecule has 0 aliphatic carbocycles. The molecule has 4 heteroatoms. The van der Waals surface area contributed by atoms with Crippen LogP contribution in [0.5, 0.6) is 0 Å². The van der Waals surface area contributed by atoms with Crippen LogP contribution in [0.15, 0.2) is 12.3 Å². The predicted octanol–water partition coefficient (Wildman–Crippen LogP) is 0.203. The summed E-state index contributed by atoms with van der Waals surface area (Å²) in [6.07, 6.45) is 2.66. The van der Waals surface area contributed by atoms with Crippen LogP contribution in [0.4, 0.5) is 0 Å². The first kappa shape index (κ1) is 8.64. The highest BCUT2D eigenvalue weighted by atomic mass is 16.1. The van der Waals surface area contributed by atoms with Gasteiger partial charge in [-0.1, -0.05) is 0 Å². The standard InChI is InChI=1S/C8H11N3O/c1-6-4-7(5-10-11-6)2-3-8(9)12/h4-5H,2-3H2,1H3,(H2,9,12). The quantitative estimate of drug-likeness (QED) is 0.695. The van der Waals surface area contributed by atoms with Gasteiger partial charge in [-0.25, -0.2) is 0 Å². The Morgan fingerprint density at radius 1 is 1.67 bits per heavy atom. The molecule has 4 nitrogen and oxygen atoms in total. The maximum Gasteiger partial charge on any atom is 0.217 e. The van der Waals surface area contributed by atoms with E-state index in [1.807, 2.05) is 13.0 Å². The highest BCUT2D eigenvalue weighted by Gasteiger charge is 1.97. The molecule has 0 radical (unpaired) electrons. The van der Waals surface area contributed by atoms with E-state index in [1.54, 1.807) is 6.20 Å². The largest absolute Gasteiger partial charge is 0.370 e. The third kappa shape index (κ3) is 2.65. The first-order valence-electron chi connectivity index (χ1n) is 3.75. The van der Waals surface area contributed by atoms with E-state index >= 15 is 0 Å². The number of amides is 1. The molecule has 1 rings (SSSR count). The van der Waals surface area contributed by atoms with Gasteiger partial charge in [-0.3, -0.25) is 4.79 Å². The molecular weight excluding hydrogens is 154 g/mol. The van der Waals surface area contributed by atoms with Crippen LogP contribution in [0.1, 0.15) is 17.7 Å². The molecule has 0 fully saturated rings. The molecule has 12 heavy (non-hydrogen) atoms. The fourth-order valence-corrected chi connectivity index (χ4v) is 0.933. The Hall–Kier alpha value is -1.45. The van der Waals surface area contributed by atoms with Crippen LogP contribution in [0, 0.1) is 6.92 Å². The van der Waals surface area contributed by atoms with Crippen molar-refractivity contribution in [2.45, 2.75) is 19.8 Å². The van der Waals surface area contributed by atoms with Crippen molar-refractivity contribution in [3.8, 4) is 0 Å². The first-order chi connectivity index (χ1) is 5.68. The summed E-state index contributed by atoms with van der Waals surface area (Å²) in [7, 11) is 0. The van der Waals surface area contributed by atoms with Crippen LogP contribution < -0.4 is 5.73 Å². The van der Waals surface area contributed by atoms with Gasteiger partial charge in [-0.2, -0.15) is 10.2 Å². The van der Waals surface area contributed by atoms with Crippen molar-refractivity contribution in [1.82, 2.24) is 10.2 Å². The lowest BCUT2D eigenvalue weighted by molar-refractivity contribution is -0.117. The molecule has 1 aromatic rings. The summed E-state index contributed by atoms with van der Waals surface area (Å²) in [6.45, 7) is 1.86. The molecule has 0 bridgehead atoms. The summed E-state index contributed by atoms with van der Waals surface area (Å²) in [4.78, 5) is 10.4. The number of carbonyl (C=O) groups is 1. The van der Waals surface area contributed by atoms with Crippen molar-refractivity contribution >= 4 is 5.91 Å². The molecule has 0 saturated carbocycles. The number of nitrogens with zero attached hydrogens (tertiary/aromatic N) is 2. The molecule has 0 aliphatic rings. The molecule has 64 valence electrons. The third-order valence-corrected chi connectivity index (χ3v) is 1.49. The number of aryl methyl sites for hydroxylation is 2. The predicted molar refractivity (Wildman–Crippen MR) is 44.3 cm³/mol. The van der Waals surface area contributed by atoms with Crippen molar-refractivity contribution in [3.05, 3.63) is 23.5 Å². The lowest BCUT2D eigenvalue weighted by atomic mass is 10.1. The Kier molecular flexibility index (Phi) is 2.74. The zero-order chi connectivity index (χ0) is 8.97. The normalized spacial score (nSPS) is 9.75. The van der Waals surface area contributed by atoms with E-state index in [1.165, 1.54) is 0 Å². The van der Waals surface area contributed by atoms with Crippen LogP contribution in [0.2, 0.25) is 0 Å². The fourth-order valence-electron chi connectivity index (χ4n) is 0.933. The Morgan fingerprint density at radius 3 is 3.00 bits per heavy atom. The number of hydrogen-bond donors (Lipinski definition) is 1. The Labute approximate surface area is 70.8 Å². The van der Waals surface area contributed by atoms with E-state index < -0.39 is 0 Å². The second-order valence-corrected chi connectivity index (χ2v) is 2.67. The molecule has 0 saturated heterocycles. The zero-order valence-corrected chi connectivity index (χ0v) is 6.95. The van der Waals surface area contributed by atoms with Gasteiger partial charge in [0, 0.05) is 6.42 Å². The SMILES string of the molecule is Cc1cc(CCC(N)=O)cnn1. The number of carbonyl (C=O) groups excluding carboxylic acids is 1. The molecule has 0 spiro atoms. The highest BCUT2D eigenvalue weighted by Crippen LogP contribution is 2.01. The van der Waals surface area contributed by atoms with Gasteiger partial charge in [-0.15, -0.1) is 0 Å². The number of rotatable bonds is 3. The van der Waals surface area contributed by atoms with Crippen molar-refractivity contribution < 1.29 is 4.79 Å². The number of aromatic nitrogens is 2. The second kappa shape index (κ2) is 3.80. The van der Waals surface area contributed by atoms with Gasteiger partial charge in [0.1, 0.15) is 0 Å². The van der Waals surface area contributed by atoms with Gasteiger partial charge in [-0.05, 0) is 25.0 Å². The smallest absolute Gasteiger partial charge is 0.217 e. The summed E-state index contributed by atoms with van der Waals surface area (Å²) in [6, 6.07) is 1.90. The lowest BCUT2D eigenvalue weighted by Crippen LogP contribution is -2.11. The van der Waals surface area contributed by atoms with Gasteiger partial charge in [0.15, 0.2) is 0 Å². The zero-order valence-electron chi connectivity index (χ0n) is 6.95. The molecule has 0 aromatic carbocycles. The van der Waals surface area contributed by atoms with E-state index in [2.05, 4.69) is 10.2 Å². The van der Waals surface area contributed by atoms with Crippen molar-refractivity contribution in [2.75, 3.05) is 0 Å². The summed E-state index contributed by atoms with van der Waals surface area (Å²) < 4.78 is 0. The summed E-state index contributed by atoms with van der Waals surface area (Å²) in [5, 5.41) is 7.56. The summed E-state index contributed by atoms with van der Waals surface area (Å²) >= 11 is 0. The van der Waals surface area contributed by atoms with Gasteiger partial charge in [0.2, 0.25) is 5.91 Å². The molecule has 0 aliphatic heterocycles. The second-order valence-electron chi connectivity index (χ2n) is 2.67. The average molecular weight is 165 g/mol. The first-order valence-corrected chi connectivity index (χ1v) is 3.75. The Bertz CT molecular complexity index is 285. The molecular formula is C8H11N3O. The van der Waals surface area contributed by atoms with E-state index in [0.717, 1.165) is 11.3 Å². The third-order valence-electron chi connectivity index (χ3n) is 1.49. The minimum absolute atomic E-state index is 0.288. The van der Waals surface area contributed by atoms with Crippen molar-refractivity contribution in [3.63, 3.8) is 0 Å². The van der Waals surface area contributed by atoms with Crippen LogP contribution in [0.25, 0.3) is 0 Å². The maximum absolute atomic E-state index is 10.4. The minimum atomic E-state index is -0.288. The van der Waals surface area contributed by atoms with Crippen molar-refractivity contribution in [1.29, 1.82) is 0 Å². The fraction of sp³-hybridized carbons (Fsp3) is 0.375. The van der Waals surface area contributed by atoms with Gasteiger partial charge >= 0.3 is 0 Å². The topological polar surface area (TPSA) is 68.9 Å². The Morgan fingerprint density at radius 2 is 2.42 bits per heavy atom. The summed E-state index contributed by atoms with van der Waals surface area (Å²) in [5.74, 6) is -0.288. The van der Waals surface area contributed by atoms with E-state index in [-0.39, 0.29) is 5.91 Å². The molecule has 1 amide bonds. The monoisotopic (exact) mass is 165 g/mol. The molecule has 1 heterocycles. The lowest BCUT2D eigenvalue weighted by Gasteiger charge is -1.97. The molecule has 1 aromatic heterocycles. The summed E-state index contributed by atoms with van der Waals surface area (Å²) in [5.41, 5.74) is 6.86. The van der Waals surface area contributed by atoms with Gasteiger partial charge in [0.25, 0.3) is 0 Å². The molecule has 2 N–H and O–H groups in total. The highest BCUT2D eigenvalue weighted by molar-refractivity contribution is 5.73. The van der Waals surface area contributed by atoms with E-state index in [4.69, 9.17) is 5.73 Å². The van der Waals surface area contributed by atoms with Crippen LogP contribution >= 0.6 is 0 Å². The van der Waals surface area contributed by atoms with Crippen molar-refractivity contribution in [2.24, 2.45) is 5.73 Å².